The molecule has 6 heteroatoms. The van der Waals surface area contributed by atoms with E-state index < -0.39 is 0 Å². The van der Waals surface area contributed by atoms with Gasteiger partial charge in [-0.3, -0.25) is 4.79 Å². The Bertz CT molecular complexity index is 782. The second-order valence-electron chi connectivity index (χ2n) is 5.50. The number of phenols is 1. The van der Waals surface area contributed by atoms with Gasteiger partial charge in [-0.25, -0.2) is 0 Å². The van der Waals surface area contributed by atoms with Crippen LogP contribution in [0.5, 0.6) is 17.2 Å². The number of carbonyl (C=O) groups is 1. The summed E-state index contributed by atoms with van der Waals surface area (Å²) in [6.45, 7) is 1.85. The predicted octanol–water partition coefficient (Wildman–Crippen LogP) is 3.56. The zero-order chi connectivity index (χ0) is 18.9. The summed E-state index contributed by atoms with van der Waals surface area (Å²) in [6.07, 6.45) is 3.10. The van der Waals surface area contributed by atoms with Crippen LogP contribution in [-0.4, -0.2) is 38.7 Å². The van der Waals surface area contributed by atoms with Crippen LogP contribution in [0, 0.1) is 6.92 Å². The summed E-state index contributed by atoms with van der Waals surface area (Å²) in [5.74, 6) is -0.390. The summed E-state index contributed by atoms with van der Waals surface area (Å²) < 4.78 is 20.4. The lowest BCUT2D eigenvalue weighted by molar-refractivity contribution is 0.0307. The van der Waals surface area contributed by atoms with E-state index in [1.165, 1.54) is 32.4 Å². The van der Waals surface area contributed by atoms with Crippen LogP contribution in [-0.2, 0) is 9.47 Å². The van der Waals surface area contributed by atoms with Gasteiger partial charge in [0.2, 0.25) is 5.75 Å². The standard InChI is InChI=1S/C20H22O6/c1-14-5-4-6-15(11-14)7-9-17(21)16-8-10-18(25-12-23-2)20(19(16)22)26-13-24-3/h4-11,22H,12-13H2,1-3H3/b9-7+. The molecule has 0 aromatic heterocycles. The molecule has 0 spiro atoms. The van der Waals surface area contributed by atoms with E-state index in [4.69, 9.17) is 18.9 Å². The first kappa shape index (κ1) is 19.5. The Morgan fingerprint density at radius 2 is 1.81 bits per heavy atom. The fraction of sp³-hybridized carbons (Fsp3) is 0.250. The third-order valence-corrected chi connectivity index (χ3v) is 3.48. The van der Waals surface area contributed by atoms with E-state index in [0.29, 0.717) is 0 Å². The maximum absolute atomic E-state index is 12.5. The van der Waals surface area contributed by atoms with Crippen LogP contribution in [0.3, 0.4) is 0 Å². The minimum Gasteiger partial charge on any atom is -0.504 e. The van der Waals surface area contributed by atoms with Gasteiger partial charge in [-0.05, 0) is 30.7 Å². The van der Waals surface area contributed by atoms with Crippen molar-refractivity contribution >= 4 is 11.9 Å². The molecule has 1 N–H and O–H groups in total. The molecule has 0 fully saturated rings. The molecule has 0 amide bonds. The summed E-state index contributed by atoms with van der Waals surface area (Å²) in [4.78, 5) is 12.5. The highest BCUT2D eigenvalue weighted by Gasteiger charge is 2.19. The van der Waals surface area contributed by atoms with E-state index in [1.54, 1.807) is 6.08 Å². The topological polar surface area (TPSA) is 74.2 Å². The van der Waals surface area contributed by atoms with E-state index in [-0.39, 0.29) is 42.2 Å². The van der Waals surface area contributed by atoms with Crippen LogP contribution in [0.4, 0.5) is 0 Å². The third-order valence-electron chi connectivity index (χ3n) is 3.48. The van der Waals surface area contributed by atoms with Crippen molar-refractivity contribution < 1.29 is 28.8 Å². The van der Waals surface area contributed by atoms with Gasteiger partial charge in [0.1, 0.15) is 0 Å². The molecule has 0 bridgehead atoms. The summed E-state index contributed by atoms with van der Waals surface area (Å²) in [6, 6.07) is 10.8. The van der Waals surface area contributed by atoms with Gasteiger partial charge in [-0.2, -0.15) is 0 Å². The first-order valence-electron chi connectivity index (χ1n) is 7.95. The number of phenolic OH excluding ortho intramolecular Hbond substituents is 1. The lowest BCUT2D eigenvalue weighted by Crippen LogP contribution is -2.06. The molecular weight excluding hydrogens is 336 g/mol. The zero-order valence-electron chi connectivity index (χ0n) is 15.0. The van der Waals surface area contributed by atoms with Crippen molar-refractivity contribution in [3.05, 3.63) is 59.2 Å². The predicted molar refractivity (Wildman–Crippen MR) is 97.7 cm³/mol. The van der Waals surface area contributed by atoms with Gasteiger partial charge in [0.05, 0.1) is 5.56 Å². The van der Waals surface area contributed by atoms with Crippen molar-refractivity contribution in [3.63, 3.8) is 0 Å². The Hall–Kier alpha value is -2.83. The molecular formula is C20H22O6. The normalized spacial score (nSPS) is 10.9. The highest BCUT2D eigenvalue weighted by Crippen LogP contribution is 2.39. The highest BCUT2D eigenvalue weighted by atomic mass is 16.7. The number of aromatic hydroxyl groups is 1. The van der Waals surface area contributed by atoms with Gasteiger partial charge in [-0.1, -0.05) is 35.9 Å². The molecule has 2 aromatic rings. The first-order chi connectivity index (χ1) is 12.6. The largest absolute Gasteiger partial charge is 0.504 e. The van der Waals surface area contributed by atoms with E-state index in [2.05, 4.69) is 0 Å². The summed E-state index contributed by atoms with van der Waals surface area (Å²) in [7, 11) is 2.93. The first-order valence-corrected chi connectivity index (χ1v) is 7.95. The average molecular weight is 358 g/mol. The van der Waals surface area contributed by atoms with Gasteiger partial charge < -0.3 is 24.1 Å². The van der Waals surface area contributed by atoms with E-state index in [9.17, 15) is 9.90 Å². The molecule has 2 aromatic carbocycles. The summed E-state index contributed by atoms with van der Waals surface area (Å²) in [5.41, 5.74) is 2.09. The van der Waals surface area contributed by atoms with Gasteiger partial charge in [0.15, 0.2) is 30.9 Å². The maximum Gasteiger partial charge on any atom is 0.206 e. The fourth-order valence-electron chi connectivity index (χ4n) is 2.28. The molecule has 0 saturated carbocycles. The smallest absolute Gasteiger partial charge is 0.206 e. The summed E-state index contributed by atoms with van der Waals surface area (Å²) >= 11 is 0. The quantitative estimate of drug-likeness (QED) is 0.420. The lowest BCUT2D eigenvalue weighted by Gasteiger charge is -2.14. The Morgan fingerprint density at radius 3 is 2.50 bits per heavy atom. The van der Waals surface area contributed by atoms with Crippen LogP contribution in [0.15, 0.2) is 42.5 Å². The minimum atomic E-state index is -0.357. The van der Waals surface area contributed by atoms with Gasteiger partial charge in [0, 0.05) is 14.2 Å². The molecule has 0 saturated heterocycles. The number of allylic oxidation sites excluding steroid dienone is 1. The number of hydrogen-bond donors (Lipinski definition) is 1. The number of ether oxygens (including phenoxy) is 4. The van der Waals surface area contributed by atoms with Crippen LogP contribution < -0.4 is 9.47 Å². The highest BCUT2D eigenvalue weighted by molar-refractivity contribution is 6.09. The van der Waals surface area contributed by atoms with Crippen molar-refractivity contribution in [3.8, 4) is 17.2 Å². The molecule has 26 heavy (non-hydrogen) atoms. The second-order valence-corrected chi connectivity index (χ2v) is 5.50. The van der Waals surface area contributed by atoms with E-state index >= 15 is 0 Å². The van der Waals surface area contributed by atoms with E-state index in [1.807, 2.05) is 31.2 Å². The number of aryl methyl sites for hydroxylation is 1. The van der Waals surface area contributed by atoms with Crippen molar-refractivity contribution in [2.24, 2.45) is 0 Å². The van der Waals surface area contributed by atoms with Crippen LogP contribution >= 0.6 is 0 Å². The average Bonchev–Trinajstić information content (AvgIpc) is 2.63. The number of rotatable bonds is 9. The molecule has 0 unspecified atom stereocenters. The maximum atomic E-state index is 12.5. The minimum absolute atomic E-state index is 0.0245. The number of methoxy groups -OCH3 is 2. The molecule has 0 aliphatic carbocycles. The number of carbonyl (C=O) groups excluding carboxylic acids is 1. The third kappa shape index (κ3) is 5.08. The Morgan fingerprint density at radius 1 is 1.08 bits per heavy atom. The van der Waals surface area contributed by atoms with Crippen LogP contribution in [0.1, 0.15) is 21.5 Å². The summed E-state index contributed by atoms with van der Waals surface area (Å²) in [5, 5.41) is 10.5. The van der Waals surface area contributed by atoms with Crippen molar-refractivity contribution in [1.82, 2.24) is 0 Å². The SMILES string of the molecule is COCOc1ccc(C(=O)/C=C/c2cccc(C)c2)c(O)c1OCOC. The molecule has 6 nitrogen and oxygen atoms in total. The van der Waals surface area contributed by atoms with Gasteiger partial charge >= 0.3 is 0 Å². The van der Waals surface area contributed by atoms with Crippen LogP contribution in [0.2, 0.25) is 0 Å². The Kier molecular flexibility index (Phi) is 7.20. The van der Waals surface area contributed by atoms with Gasteiger partial charge in [-0.15, -0.1) is 0 Å². The van der Waals surface area contributed by atoms with Gasteiger partial charge in [0.25, 0.3) is 0 Å². The van der Waals surface area contributed by atoms with Crippen molar-refractivity contribution in [1.29, 1.82) is 0 Å². The molecule has 0 atom stereocenters. The number of ketones is 1. The Balaban J connectivity index is 2.28. The second kappa shape index (κ2) is 9.60. The molecule has 0 heterocycles. The monoisotopic (exact) mass is 358 g/mol. The lowest BCUT2D eigenvalue weighted by atomic mass is 10.1. The fourth-order valence-corrected chi connectivity index (χ4v) is 2.28. The molecule has 0 aliphatic heterocycles. The Labute approximate surface area is 152 Å². The number of hydrogen-bond acceptors (Lipinski definition) is 6. The van der Waals surface area contributed by atoms with E-state index in [0.717, 1.165) is 11.1 Å². The molecule has 138 valence electrons. The van der Waals surface area contributed by atoms with Crippen molar-refractivity contribution in [2.45, 2.75) is 6.92 Å². The van der Waals surface area contributed by atoms with Crippen molar-refractivity contribution in [2.75, 3.05) is 27.8 Å². The number of benzene rings is 2. The molecule has 0 aliphatic rings. The zero-order valence-corrected chi connectivity index (χ0v) is 15.0. The molecule has 0 radical (unpaired) electrons. The van der Waals surface area contributed by atoms with Crippen LogP contribution in [0.25, 0.3) is 6.08 Å². The molecule has 2 rings (SSSR count).